The summed E-state index contributed by atoms with van der Waals surface area (Å²) in [6.45, 7) is 2.02. The number of hydrogen-bond acceptors (Lipinski definition) is 3. The van der Waals surface area contributed by atoms with E-state index in [9.17, 15) is 14.0 Å². The van der Waals surface area contributed by atoms with Gasteiger partial charge in [-0.3, -0.25) is 14.6 Å². The molecule has 0 saturated heterocycles. The number of amides is 1. The van der Waals surface area contributed by atoms with Gasteiger partial charge in [0.05, 0.1) is 27.0 Å². The first-order chi connectivity index (χ1) is 13.4. The molecule has 2 N–H and O–H groups in total. The van der Waals surface area contributed by atoms with Gasteiger partial charge in [0.1, 0.15) is 5.69 Å². The maximum Gasteiger partial charge on any atom is 0.272 e. The lowest BCUT2D eigenvalue weighted by atomic mass is 10.0. The molecule has 0 bridgehead atoms. The monoisotopic (exact) mass is 419 g/mol. The normalized spacial score (nSPS) is 10.7. The molecule has 1 aromatic carbocycles. The average Bonchev–Trinajstić information content (AvgIpc) is 3.17. The van der Waals surface area contributed by atoms with Crippen LogP contribution < -0.4 is 5.32 Å². The molecular formula is C20H16Cl2FN3O2. The molecule has 3 rings (SSSR count). The molecule has 1 amide bonds. The molecule has 0 aliphatic rings. The molecule has 2 heterocycles. The van der Waals surface area contributed by atoms with Crippen LogP contribution in [0.2, 0.25) is 10.0 Å². The number of aromatic nitrogens is 2. The van der Waals surface area contributed by atoms with Crippen molar-refractivity contribution in [3.63, 3.8) is 0 Å². The predicted molar refractivity (Wildman–Crippen MR) is 107 cm³/mol. The second-order valence-electron chi connectivity index (χ2n) is 6.05. The summed E-state index contributed by atoms with van der Waals surface area (Å²) in [5.41, 5.74) is 1.27. The summed E-state index contributed by atoms with van der Waals surface area (Å²) in [5, 5.41) is 2.51. The number of ketones is 1. The number of nitrogens with one attached hydrogen (secondary N) is 2. The lowest BCUT2D eigenvalue weighted by Gasteiger charge is -2.08. The topological polar surface area (TPSA) is 74.8 Å². The van der Waals surface area contributed by atoms with Crippen molar-refractivity contribution in [2.24, 2.45) is 0 Å². The van der Waals surface area contributed by atoms with E-state index in [-0.39, 0.29) is 26.9 Å². The van der Waals surface area contributed by atoms with Crippen LogP contribution in [0.5, 0.6) is 0 Å². The molecule has 28 heavy (non-hydrogen) atoms. The van der Waals surface area contributed by atoms with Gasteiger partial charge in [0, 0.05) is 18.0 Å². The first-order valence-corrected chi connectivity index (χ1v) is 9.29. The zero-order valence-corrected chi connectivity index (χ0v) is 16.4. The Morgan fingerprint density at radius 2 is 1.96 bits per heavy atom. The highest BCUT2D eigenvalue weighted by molar-refractivity contribution is 6.37. The fourth-order valence-electron chi connectivity index (χ4n) is 2.71. The van der Waals surface area contributed by atoms with Crippen LogP contribution in [-0.4, -0.2) is 21.7 Å². The number of aryl methyl sites for hydroxylation is 1. The van der Waals surface area contributed by atoms with Gasteiger partial charge in [-0.1, -0.05) is 36.5 Å². The van der Waals surface area contributed by atoms with E-state index in [0.717, 1.165) is 18.5 Å². The van der Waals surface area contributed by atoms with Gasteiger partial charge >= 0.3 is 0 Å². The lowest BCUT2D eigenvalue weighted by molar-refractivity contribution is 0.102. The highest BCUT2D eigenvalue weighted by Crippen LogP contribution is 2.28. The minimum Gasteiger partial charge on any atom is -0.356 e. The summed E-state index contributed by atoms with van der Waals surface area (Å²) in [6, 6.07) is 7.44. The van der Waals surface area contributed by atoms with E-state index < -0.39 is 17.5 Å². The molecule has 0 saturated carbocycles. The van der Waals surface area contributed by atoms with E-state index >= 15 is 0 Å². The molecule has 0 radical (unpaired) electrons. The maximum atomic E-state index is 14.2. The Morgan fingerprint density at radius 3 is 2.71 bits per heavy atom. The van der Waals surface area contributed by atoms with Gasteiger partial charge in [-0.25, -0.2) is 4.39 Å². The second kappa shape index (κ2) is 8.54. The Hall–Kier alpha value is -2.70. The van der Waals surface area contributed by atoms with Crippen LogP contribution in [-0.2, 0) is 6.42 Å². The van der Waals surface area contributed by atoms with Crippen LogP contribution in [0.4, 0.5) is 10.1 Å². The molecule has 0 unspecified atom stereocenters. The van der Waals surface area contributed by atoms with E-state index in [2.05, 4.69) is 15.3 Å². The van der Waals surface area contributed by atoms with E-state index in [0.29, 0.717) is 5.69 Å². The Bertz CT molecular complexity index is 1050. The molecule has 5 nitrogen and oxygen atoms in total. The van der Waals surface area contributed by atoms with Crippen molar-refractivity contribution in [3.8, 4) is 0 Å². The molecule has 0 atom stereocenters. The zero-order chi connectivity index (χ0) is 20.3. The minimum absolute atomic E-state index is 0.0568. The molecule has 2 aromatic heterocycles. The van der Waals surface area contributed by atoms with Gasteiger partial charge in [-0.05, 0) is 36.8 Å². The van der Waals surface area contributed by atoms with Crippen LogP contribution in [0.1, 0.15) is 45.4 Å². The number of H-pyrrole nitrogens is 1. The van der Waals surface area contributed by atoms with E-state index in [1.807, 2.05) is 6.92 Å². The van der Waals surface area contributed by atoms with Crippen LogP contribution in [0.25, 0.3) is 0 Å². The van der Waals surface area contributed by atoms with Crippen molar-refractivity contribution < 1.29 is 14.0 Å². The smallest absolute Gasteiger partial charge is 0.272 e. The Kier molecular flexibility index (Phi) is 6.11. The van der Waals surface area contributed by atoms with Crippen molar-refractivity contribution in [1.29, 1.82) is 0 Å². The molecule has 8 heteroatoms. The van der Waals surface area contributed by atoms with Gasteiger partial charge < -0.3 is 10.3 Å². The van der Waals surface area contributed by atoms with Gasteiger partial charge in [0.15, 0.2) is 11.6 Å². The molecule has 0 fully saturated rings. The summed E-state index contributed by atoms with van der Waals surface area (Å²) < 4.78 is 14.2. The fourth-order valence-corrected chi connectivity index (χ4v) is 3.10. The van der Waals surface area contributed by atoms with Crippen molar-refractivity contribution in [2.45, 2.75) is 19.8 Å². The summed E-state index contributed by atoms with van der Waals surface area (Å²) in [5.74, 6) is -2.01. The number of anilines is 1. The zero-order valence-electron chi connectivity index (χ0n) is 14.9. The van der Waals surface area contributed by atoms with Gasteiger partial charge in [0.2, 0.25) is 0 Å². The van der Waals surface area contributed by atoms with Crippen molar-refractivity contribution in [3.05, 3.63) is 81.1 Å². The number of benzene rings is 1. The third-order valence-corrected chi connectivity index (χ3v) is 4.69. The summed E-state index contributed by atoms with van der Waals surface area (Å²) in [4.78, 5) is 32.2. The molecular weight excluding hydrogens is 404 g/mol. The fraction of sp³-hybridized carbons (Fsp3) is 0.150. The van der Waals surface area contributed by atoms with Crippen molar-refractivity contribution in [1.82, 2.24) is 9.97 Å². The first-order valence-electron chi connectivity index (χ1n) is 8.54. The van der Waals surface area contributed by atoms with Crippen LogP contribution in [0.15, 0.2) is 42.7 Å². The highest BCUT2D eigenvalue weighted by atomic mass is 35.5. The third kappa shape index (κ3) is 4.08. The van der Waals surface area contributed by atoms with Crippen molar-refractivity contribution >= 4 is 40.6 Å². The second-order valence-corrected chi connectivity index (χ2v) is 6.87. The number of aromatic amines is 1. The van der Waals surface area contributed by atoms with Crippen molar-refractivity contribution in [2.75, 3.05) is 5.32 Å². The minimum atomic E-state index is -0.897. The summed E-state index contributed by atoms with van der Waals surface area (Å²) in [6.07, 6.45) is 4.59. The summed E-state index contributed by atoms with van der Waals surface area (Å²) in [7, 11) is 0. The summed E-state index contributed by atoms with van der Waals surface area (Å²) >= 11 is 11.7. The number of nitrogens with zero attached hydrogens (tertiary/aromatic N) is 1. The lowest BCUT2D eigenvalue weighted by Crippen LogP contribution is -2.14. The van der Waals surface area contributed by atoms with Gasteiger partial charge in [0.25, 0.3) is 5.91 Å². The predicted octanol–water partition coefficient (Wildman–Crippen LogP) is 5.29. The first kappa shape index (κ1) is 20.0. The number of pyridine rings is 1. The number of carbonyl (C=O) groups is 2. The standard InChI is InChI=1S/C20H16Cl2FN3O2/c1-2-4-14-15(5-3-8-24-14)26-20(28)16-9-11(10-25-16)19(27)17-12(21)6-7-13(22)18(17)23/h3,5-10,25H,2,4H2,1H3,(H,26,28). The van der Waals surface area contributed by atoms with E-state index in [1.54, 1.807) is 18.3 Å². The number of rotatable bonds is 6. The largest absolute Gasteiger partial charge is 0.356 e. The molecule has 144 valence electrons. The number of hydrogen-bond donors (Lipinski definition) is 2. The van der Waals surface area contributed by atoms with Crippen LogP contribution >= 0.6 is 23.2 Å². The van der Waals surface area contributed by atoms with E-state index in [1.165, 1.54) is 24.4 Å². The molecule has 3 aromatic rings. The molecule has 0 spiro atoms. The maximum absolute atomic E-state index is 14.2. The number of halogens is 3. The third-order valence-electron chi connectivity index (χ3n) is 4.09. The van der Waals surface area contributed by atoms with Crippen LogP contribution in [0, 0.1) is 5.82 Å². The average molecular weight is 420 g/mol. The number of carbonyl (C=O) groups excluding carboxylic acids is 2. The Labute approximate surface area is 170 Å². The Morgan fingerprint density at radius 1 is 1.21 bits per heavy atom. The Balaban J connectivity index is 1.84. The van der Waals surface area contributed by atoms with Gasteiger partial charge in [-0.15, -0.1) is 0 Å². The van der Waals surface area contributed by atoms with Crippen LogP contribution in [0.3, 0.4) is 0 Å². The quantitative estimate of drug-likeness (QED) is 0.420. The van der Waals surface area contributed by atoms with Gasteiger partial charge in [-0.2, -0.15) is 0 Å². The SMILES string of the molecule is CCCc1ncccc1NC(=O)c1cc(C(=O)c2c(Cl)ccc(Cl)c2F)c[nH]1. The highest BCUT2D eigenvalue weighted by Gasteiger charge is 2.22. The van der Waals surface area contributed by atoms with E-state index in [4.69, 9.17) is 23.2 Å². The molecule has 0 aliphatic heterocycles. The molecule has 0 aliphatic carbocycles.